The van der Waals surface area contributed by atoms with Crippen LogP contribution in [-0.4, -0.2) is 11.1 Å². The van der Waals surface area contributed by atoms with Crippen LogP contribution in [0.2, 0.25) is 10.0 Å². The van der Waals surface area contributed by atoms with Crippen LogP contribution in [0.5, 0.6) is 0 Å². The number of carboxylic acids is 1. The summed E-state index contributed by atoms with van der Waals surface area (Å²) in [6.45, 7) is 0. The van der Waals surface area contributed by atoms with E-state index in [0.29, 0.717) is 33.0 Å². The Bertz CT molecular complexity index is 630. The Labute approximate surface area is 131 Å². The lowest BCUT2D eigenvalue weighted by Gasteiger charge is -2.14. The highest BCUT2D eigenvalue weighted by molar-refractivity contribution is 7.79. The zero-order valence-corrected chi connectivity index (χ0v) is 12.5. The third-order valence-corrected chi connectivity index (χ3v) is 3.65. The van der Waals surface area contributed by atoms with E-state index >= 15 is 0 Å². The minimum Gasteiger partial charge on any atom is -0.479 e. The summed E-state index contributed by atoms with van der Waals surface area (Å²) in [4.78, 5) is 11.4. The van der Waals surface area contributed by atoms with E-state index in [1.807, 2.05) is 0 Å². The summed E-state index contributed by atoms with van der Waals surface area (Å²) in [7, 11) is 0. The highest BCUT2D eigenvalue weighted by Crippen LogP contribution is 2.28. The van der Waals surface area contributed by atoms with Crippen LogP contribution in [0.4, 0.5) is 5.69 Å². The lowest BCUT2D eigenvalue weighted by Crippen LogP contribution is -2.19. The molecule has 1 heterocycles. The largest absolute Gasteiger partial charge is 0.479 e. The molecule has 0 aliphatic heterocycles. The van der Waals surface area contributed by atoms with Crippen molar-refractivity contribution in [3.8, 4) is 0 Å². The zero-order chi connectivity index (χ0) is 14.7. The van der Waals surface area contributed by atoms with Crippen molar-refractivity contribution in [3.63, 3.8) is 0 Å². The highest BCUT2D eigenvalue weighted by atomic mass is 35.5. The minimum absolute atomic E-state index is 0.299. The predicted octanol–water partition coefficient (Wildman–Crippen LogP) is 4.25. The fourth-order valence-electron chi connectivity index (χ4n) is 1.64. The summed E-state index contributed by atoms with van der Waals surface area (Å²) < 4.78 is 5.40. The van der Waals surface area contributed by atoms with Crippen LogP contribution < -0.4 is 5.32 Å². The van der Waals surface area contributed by atoms with Gasteiger partial charge >= 0.3 is 5.97 Å². The van der Waals surface area contributed by atoms with Gasteiger partial charge in [0.15, 0.2) is 6.04 Å². The van der Waals surface area contributed by atoms with Gasteiger partial charge in [0.1, 0.15) is 11.5 Å². The van der Waals surface area contributed by atoms with Gasteiger partial charge in [0.2, 0.25) is 0 Å². The Morgan fingerprint density at radius 2 is 2.05 bits per heavy atom. The minimum atomic E-state index is -1.06. The molecule has 4 nitrogen and oxygen atoms in total. The summed E-state index contributed by atoms with van der Waals surface area (Å²) in [6.07, 6.45) is 0. The SMILES string of the molecule is O=C(O)C(Nc1ccc(Cl)c(Cl)c1)c1ccc(CS)o1. The first kappa shape index (κ1) is 15.1. The second-order valence-electron chi connectivity index (χ2n) is 4.01. The monoisotopic (exact) mass is 331 g/mol. The van der Waals surface area contributed by atoms with Crippen molar-refractivity contribution in [1.29, 1.82) is 0 Å². The molecule has 2 rings (SSSR count). The Morgan fingerprint density at radius 3 is 2.60 bits per heavy atom. The molecule has 0 radical (unpaired) electrons. The second-order valence-corrected chi connectivity index (χ2v) is 5.14. The van der Waals surface area contributed by atoms with Crippen LogP contribution in [-0.2, 0) is 10.5 Å². The Balaban J connectivity index is 2.25. The van der Waals surface area contributed by atoms with E-state index in [9.17, 15) is 9.90 Å². The number of halogens is 2. The van der Waals surface area contributed by atoms with Gasteiger partial charge in [-0.1, -0.05) is 23.2 Å². The maximum absolute atomic E-state index is 11.4. The summed E-state index contributed by atoms with van der Waals surface area (Å²) >= 11 is 15.8. The van der Waals surface area contributed by atoms with E-state index in [4.69, 9.17) is 27.6 Å². The molecule has 1 aromatic heterocycles. The van der Waals surface area contributed by atoms with Crippen LogP contribution in [0.25, 0.3) is 0 Å². The van der Waals surface area contributed by atoms with Crippen molar-refractivity contribution in [2.45, 2.75) is 11.8 Å². The molecule has 1 atom stereocenters. The van der Waals surface area contributed by atoms with Gasteiger partial charge in [-0.05, 0) is 30.3 Å². The molecule has 0 saturated heterocycles. The third kappa shape index (κ3) is 3.42. The number of carbonyl (C=O) groups is 1. The molecule has 0 spiro atoms. The summed E-state index contributed by atoms with van der Waals surface area (Å²) in [5, 5.41) is 12.9. The molecule has 7 heteroatoms. The van der Waals surface area contributed by atoms with Crippen molar-refractivity contribution in [2.24, 2.45) is 0 Å². The molecule has 2 aromatic rings. The molecule has 106 valence electrons. The van der Waals surface area contributed by atoms with E-state index < -0.39 is 12.0 Å². The molecule has 20 heavy (non-hydrogen) atoms. The van der Waals surface area contributed by atoms with Crippen LogP contribution >= 0.6 is 35.8 Å². The molecule has 0 aliphatic rings. The quantitative estimate of drug-likeness (QED) is 0.716. The molecule has 0 bridgehead atoms. The van der Waals surface area contributed by atoms with Gasteiger partial charge in [-0.25, -0.2) is 4.79 Å². The van der Waals surface area contributed by atoms with E-state index in [1.165, 1.54) is 0 Å². The molecule has 0 saturated carbocycles. The predicted molar refractivity (Wildman–Crippen MR) is 81.9 cm³/mol. The normalized spacial score (nSPS) is 12.2. The number of thiol groups is 1. The molecular weight excluding hydrogens is 321 g/mol. The Morgan fingerprint density at radius 1 is 1.30 bits per heavy atom. The van der Waals surface area contributed by atoms with E-state index in [0.717, 1.165) is 0 Å². The fraction of sp³-hybridized carbons (Fsp3) is 0.154. The number of nitrogens with one attached hydrogen (secondary N) is 1. The van der Waals surface area contributed by atoms with Gasteiger partial charge < -0.3 is 14.8 Å². The number of hydrogen-bond donors (Lipinski definition) is 3. The number of hydrogen-bond acceptors (Lipinski definition) is 4. The van der Waals surface area contributed by atoms with Crippen LogP contribution in [0, 0.1) is 0 Å². The summed E-state index contributed by atoms with van der Waals surface area (Å²) in [6, 6.07) is 7.08. The lowest BCUT2D eigenvalue weighted by atomic mass is 10.2. The number of anilines is 1. The van der Waals surface area contributed by atoms with Gasteiger partial charge in [0, 0.05) is 11.4 Å². The van der Waals surface area contributed by atoms with E-state index in [2.05, 4.69) is 17.9 Å². The molecule has 0 aliphatic carbocycles. The van der Waals surface area contributed by atoms with Gasteiger partial charge in [-0.2, -0.15) is 12.6 Å². The zero-order valence-electron chi connectivity index (χ0n) is 10.1. The van der Waals surface area contributed by atoms with Crippen molar-refractivity contribution >= 4 is 47.5 Å². The first-order valence-electron chi connectivity index (χ1n) is 5.65. The van der Waals surface area contributed by atoms with Gasteiger partial charge in [-0.15, -0.1) is 0 Å². The molecule has 2 N–H and O–H groups in total. The summed E-state index contributed by atoms with van der Waals surface area (Å²) in [5.74, 6) is 0.244. The highest BCUT2D eigenvalue weighted by Gasteiger charge is 2.23. The molecule has 1 aromatic carbocycles. The molecule has 1 unspecified atom stereocenters. The van der Waals surface area contributed by atoms with E-state index in [-0.39, 0.29) is 0 Å². The average molecular weight is 332 g/mol. The first-order valence-corrected chi connectivity index (χ1v) is 7.04. The third-order valence-electron chi connectivity index (χ3n) is 2.60. The number of benzene rings is 1. The second kappa shape index (κ2) is 6.43. The number of aliphatic carboxylic acids is 1. The smallest absolute Gasteiger partial charge is 0.334 e. The Kier molecular flexibility index (Phi) is 4.86. The average Bonchev–Trinajstić information content (AvgIpc) is 2.88. The number of furan rings is 1. The van der Waals surface area contributed by atoms with Crippen molar-refractivity contribution in [1.82, 2.24) is 0 Å². The number of carboxylic acid groups (broad SMARTS) is 1. The van der Waals surface area contributed by atoms with Crippen LogP contribution in [0.3, 0.4) is 0 Å². The van der Waals surface area contributed by atoms with Crippen LogP contribution in [0.1, 0.15) is 17.6 Å². The summed E-state index contributed by atoms with van der Waals surface area (Å²) in [5.41, 5.74) is 0.538. The van der Waals surface area contributed by atoms with Crippen molar-refractivity contribution in [2.75, 3.05) is 5.32 Å². The van der Waals surface area contributed by atoms with Crippen molar-refractivity contribution in [3.05, 3.63) is 51.9 Å². The van der Waals surface area contributed by atoms with Gasteiger partial charge in [-0.3, -0.25) is 0 Å². The number of rotatable bonds is 5. The van der Waals surface area contributed by atoms with Gasteiger partial charge in [0.05, 0.1) is 10.0 Å². The van der Waals surface area contributed by atoms with E-state index in [1.54, 1.807) is 30.3 Å². The first-order chi connectivity index (χ1) is 9.51. The maximum atomic E-state index is 11.4. The molecule has 0 amide bonds. The van der Waals surface area contributed by atoms with Gasteiger partial charge in [0.25, 0.3) is 0 Å². The molecule has 0 fully saturated rings. The fourth-order valence-corrected chi connectivity index (χ4v) is 2.11. The molecular formula is C13H11Cl2NO3S. The standard InChI is InChI=1S/C13H11Cl2NO3S/c14-9-3-1-7(5-10(9)15)16-12(13(17)18)11-4-2-8(6-20)19-11/h1-5,12,16,20H,6H2,(H,17,18). The van der Waals surface area contributed by atoms with Crippen LogP contribution in [0.15, 0.2) is 34.7 Å². The Hall–Kier alpha value is -1.30. The van der Waals surface area contributed by atoms with Crippen molar-refractivity contribution < 1.29 is 14.3 Å². The lowest BCUT2D eigenvalue weighted by molar-refractivity contribution is -0.138. The maximum Gasteiger partial charge on any atom is 0.334 e. The topological polar surface area (TPSA) is 62.5 Å².